The Kier molecular flexibility index (Phi) is 2.37. The van der Waals surface area contributed by atoms with Crippen molar-refractivity contribution in [1.82, 2.24) is 25.1 Å². The van der Waals surface area contributed by atoms with Gasteiger partial charge in [0.05, 0.1) is 18.5 Å². The Hall–Kier alpha value is -2.97. The van der Waals surface area contributed by atoms with Gasteiger partial charge in [0.15, 0.2) is 11.0 Å². The van der Waals surface area contributed by atoms with Gasteiger partial charge in [-0.05, 0) is 22.4 Å². The summed E-state index contributed by atoms with van der Waals surface area (Å²) in [5.74, 6) is -0.673. The zero-order valence-corrected chi connectivity index (χ0v) is 9.77. The Labute approximate surface area is 105 Å². The summed E-state index contributed by atoms with van der Waals surface area (Å²) in [5.41, 5.74) is 7.58. The first-order chi connectivity index (χ1) is 9.20. The number of hydrogen-bond acceptors (Lipinski definition) is 8. The number of esters is 1. The molecular formula is C10H8N6O3. The highest BCUT2D eigenvalue weighted by Crippen LogP contribution is 2.23. The zero-order valence-electron chi connectivity index (χ0n) is 9.77. The van der Waals surface area contributed by atoms with E-state index in [4.69, 9.17) is 5.73 Å². The number of carbonyl (C=O) groups excluding carboxylic acids is 1. The van der Waals surface area contributed by atoms with E-state index in [1.165, 1.54) is 18.1 Å². The van der Waals surface area contributed by atoms with E-state index in [2.05, 4.69) is 29.8 Å². The molecule has 1 aromatic carbocycles. The highest BCUT2D eigenvalue weighted by atomic mass is 16.6. The molecule has 0 saturated heterocycles. The predicted octanol–water partition coefficient (Wildman–Crippen LogP) is 0.172. The molecule has 9 nitrogen and oxygen atoms in total. The van der Waals surface area contributed by atoms with Crippen LogP contribution in [0.1, 0.15) is 10.6 Å². The molecule has 0 aliphatic rings. The van der Waals surface area contributed by atoms with Crippen LogP contribution in [0.5, 0.6) is 0 Å². The fraction of sp³-hybridized carbons (Fsp3) is 0.100. The molecule has 2 N–H and O–H groups in total. The fourth-order valence-corrected chi connectivity index (χ4v) is 1.62. The molecule has 0 atom stereocenters. The summed E-state index contributed by atoms with van der Waals surface area (Å²) < 4.78 is 10.6. The SMILES string of the molecule is COC(=O)c1ncn(-c2ccc(N)c3nonc23)n1. The number of aromatic nitrogens is 5. The smallest absolute Gasteiger partial charge is 0.377 e. The highest BCUT2D eigenvalue weighted by Gasteiger charge is 2.16. The van der Waals surface area contributed by atoms with Crippen LogP contribution in [0, 0.1) is 0 Å². The van der Waals surface area contributed by atoms with E-state index >= 15 is 0 Å². The van der Waals surface area contributed by atoms with Gasteiger partial charge < -0.3 is 10.5 Å². The third kappa shape index (κ3) is 1.68. The average molecular weight is 260 g/mol. The Morgan fingerprint density at radius 2 is 2.16 bits per heavy atom. The van der Waals surface area contributed by atoms with Gasteiger partial charge in [-0.1, -0.05) is 0 Å². The molecule has 0 spiro atoms. The zero-order chi connectivity index (χ0) is 13.4. The molecule has 0 radical (unpaired) electrons. The number of fused-ring (bicyclic) bond motifs is 1. The van der Waals surface area contributed by atoms with Crippen LogP contribution < -0.4 is 5.73 Å². The molecule has 2 aromatic heterocycles. The van der Waals surface area contributed by atoms with E-state index in [1.807, 2.05) is 0 Å². The molecule has 0 bridgehead atoms. The Balaban J connectivity index is 2.14. The van der Waals surface area contributed by atoms with Gasteiger partial charge in [-0.25, -0.2) is 19.1 Å². The van der Waals surface area contributed by atoms with Crippen LogP contribution in [0.2, 0.25) is 0 Å². The number of ether oxygens (including phenoxy) is 1. The summed E-state index contributed by atoms with van der Waals surface area (Å²) in [4.78, 5) is 15.1. The van der Waals surface area contributed by atoms with Crippen molar-refractivity contribution in [3.63, 3.8) is 0 Å². The maximum absolute atomic E-state index is 11.3. The summed E-state index contributed by atoms with van der Waals surface area (Å²) >= 11 is 0. The molecule has 0 amide bonds. The molecule has 96 valence electrons. The van der Waals surface area contributed by atoms with Crippen molar-refractivity contribution in [3.05, 3.63) is 24.3 Å². The first kappa shape index (κ1) is 11.1. The van der Waals surface area contributed by atoms with Crippen molar-refractivity contribution in [3.8, 4) is 5.69 Å². The van der Waals surface area contributed by atoms with Crippen LogP contribution in [-0.4, -0.2) is 38.2 Å². The van der Waals surface area contributed by atoms with Crippen molar-refractivity contribution < 1.29 is 14.2 Å². The molecular weight excluding hydrogens is 252 g/mol. The number of benzene rings is 1. The lowest BCUT2D eigenvalue weighted by Crippen LogP contribution is -2.05. The Morgan fingerprint density at radius 1 is 1.37 bits per heavy atom. The number of anilines is 1. The predicted molar refractivity (Wildman–Crippen MR) is 62.5 cm³/mol. The Morgan fingerprint density at radius 3 is 2.95 bits per heavy atom. The minimum atomic E-state index is -0.622. The normalized spacial score (nSPS) is 10.8. The van der Waals surface area contributed by atoms with Gasteiger partial charge in [0.2, 0.25) is 0 Å². The van der Waals surface area contributed by atoms with Gasteiger partial charge >= 0.3 is 5.97 Å². The van der Waals surface area contributed by atoms with Gasteiger partial charge in [-0.15, -0.1) is 5.10 Å². The van der Waals surface area contributed by atoms with Crippen LogP contribution in [-0.2, 0) is 4.74 Å². The van der Waals surface area contributed by atoms with E-state index in [1.54, 1.807) is 12.1 Å². The summed E-state index contributed by atoms with van der Waals surface area (Å²) in [6.45, 7) is 0. The van der Waals surface area contributed by atoms with E-state index in [-0.39, 0.29) is 5.82 Å². The van der Waals surface area contributed by atoms with Gasteiger partial charge in [0, 0.05) is 0 Å². The monoisotopic (exact) mass is 260 g/mol. The summed E-state index contributed by atoms with van der Waals surface area (Å²) in [6, 6.07) is 3.32. The van der Waals surface area contributed by atoms with Crippen molar-refractivity contribution in [2.45, 2.75) is 0 Å². The number of rotatable bonds is 2. The second kappa shape index (κ2) is 4.05. The lowest BCUT2D eigenvalue weighted by Gasteiger charge is -2.01. The highest BCUT2D eigenvalue weighted by molar-refractivity contribution is 5.91. The first-order valence-corrected chi connectivity index (χ1v) is 5.22. The number of hydrogen-bond donors (Lipinski definition) is 1. The standard InChI is InChI=1S/C10H8N6O3/c1-18-10(17)9-12-4-16(13-9)6-3-2-5(11)7-8(6)15-19-14-7/h2-4H,11H2,1H3. The molecule has 9 heteroatoms. The molecule has 2 heterocycles. The van der Waals surface area contributed by atoms with Crippen molar-refractivity contribution in [2.75, 3.05) is 12.8 Å². The molecule has 0 aliphatic heterocycles. The lowest BCUT2D eigenvalue weighted by atomic mass is 10.2. The number of nitrogens with zero attached hydrogens (tertiary/aromatic N) is 5. The van der Waals surface area contributed by atoms with Crippen molar-refractivity contribution in [2.24, 2.45) is 0 Å². The van der Waals surface area contributed by atoms with E-state index in [9.17, 15) is 4.79 Å². The van der Waals surface area contributed by atoms with Crippen LogP contribution in [0.3, 0.4) is 0 Å². The van der Waals surface area contributed by atoms with Gasteiger partial charge in [-0.3, -0.25) is 0 Å². The Bertz CT molecular complexity index is 762. The largest absolute Gasteiger partial charge is 0.463 e. The van der Waals surface area contributed by atoms with E-state index < -0.39 is 5.97 Å². The van der Waals surface area contributed by atoms with Crippen LogP contribution in [0.25, 0.3) is 16.7 Å². The van der Waals surface area contributed by atoms with E-state index in [0.29, 0.717) is 22.4 Å². The number of methoxy groups -OCH3 is 1. The van der Waals surface area contributed by atoms with Gasteiger partial charge in [0.1, 0.15) is 6.33 Å². The molecule has 19 heavy (non-hydrogen) atoms. The summed E-state index contributed by atoms with van der Waals surface area (Å²) in [7, 11) is 1.26. The molecule has 0 fully saturated rings. The van der Waals surface area contributed by atoms with Crippen LogP contribution in [0.15, 0.2) is 23.1 Å². The van der Waals surface area contributed by atoms with Crippen molar-refractivity contribution >= 4 is 22.7 Å². The van der Waals surface area contributed by atoms with Gasteiger partial charge in [-0.2, -0.15) is 0 Å². The fourth-order valence-electron chi connectivity index (χ4n) is 1.62. The molecule has 3 rings (SSSR count). The van der Waals surface area contributed by atoms with Crippen LogP contribution in [0.4, 0.5) is 5.69 Å². The number of carbonyl (C=O) groups is 1. The molecule has 0 saturated carbocycles. The first-order valence-electron chi connectivity index (χ1n) is 5.22. The molecule has 3 aromatic rings. The second-order valence-electron chi connectivity index (χ2n) is 3.64. The third-order valence-corrected chi connectivity index (χ3v) is 2.53. The maximum atomic E-state index is 11.3. The van der Waals surface area contributed by atoms with Gasteiger partial charge in [0.25, 0.3) is 5.82 Å². The minimum Gasteiger partial charge on any atom is -0.463 e. The summed E-state index contributed by atoms with van der Waals surface area (Å²) in [5, 5.41) is 11.4. The average Bonchev–Trinajstić information content (AvgIpc) is 3.07. The van der Waals surface area contributed by atoms with E-state index in [0.717, 1.165) is 0 Å². The lowest BCUT2D eigenvalue weighted by molar-refractivity contribution is 0.0587. The number of nitrogen functional groups attached to an aromatic ring is 1. The quantitative estimate of drug-likeness (QED) is 0.511. The van der Waals surface area contributed by atoms with Crippen LogP contribution >= 0.6 is 0 Å². The number of nitrogens with two attached hydrogens (primary N) is 1. The second-order valence-corrected chi connectivity index (χ2v) is 3.64. The minimum absolute atomic E-state index is 0.0519. The topological polar surface area (TPSA) is 122 Å². The summed E-state index contributed by atoms with van der Waals surface area (Å²) in [6.07, 6.45) is 1.37. The maximum Gasteiger partial charge on any atom is 0.377 e. The molecule has 0 aliphatic carbocycles. The third-order valence-electron chi connectivity index (χ3n) is 2.53. The molecule has 0 unspecified atom stereocenters. The van der Waals surface area contributed by atoms with Crippen molar-refractivity contribution in [1.29, 1.82) is 0 Å².